The molecule has 8 heteroatoms. The largest absolute Gasteiger partial charge is 0.480 e. The Morgan fingerprint density at radius 2 is 2.00 bits per heavy atom. The SMILES string of the molecule is Cc1nc(C(F)(F)F)ccc1C(=O)N1CC2CCCC2C1C(=O)O. The van der Waals surface area contributed by atoms with E-state index < -0.39 is 29.8 Å². The van der Waals surface area contributed by atoms with Crippen molar-refractivity contribution in [3.63, 3.8) is 0 Å². The number of hydrogen-bond acceptors (Lipinski definition) is 3. The van der Waals surface area contributed by atoms with Crippen molar-refractivity contribution in [1.29, 1.82) is 0 Å². The van der Waals surface area contributed by atoms with Crippen LogP contribution in [-0.4, -0.2) is 39.5 Å². The van der Waals surface area contributed by atoms with Crippen LogP contribution in [-0.2, 0) is 11.0 Å². The van der Waals surface area contributed by atoms with Crippen molar-refractivity contribution >= 4 is 11.9 Å². The van der Waals surface area contributed by atoms with Gasteiger partial charge in [0.2, 0.25) is 0 Å². The first-order chi connectivity index (χ1) is 11.2. The Morgan fingerprint density at radius 3 is 2.58 bits per heavy atom. The Labute approximate surface area is 136 Å². The predicted molar refractivity (Wildman–Crippen MR) is 77.3 cm³/mol. The lowest BCUT2D eigenvalue weighted by Gasteiger charge is -2.25. The molecule has 2 fully saturated rings. The Morgan fingerprint density at radius 1 is 1.29 bits per heavy atom. The topological polar surface area (TPSA) is 70.5 Å². The Kier molecular flexibility index (Phi) is 4.01. The van der Waals surface area contributed by atoms with Crippen LogP contribution in [0.5, 0.6) is 0 Å². The van der Waals surface area contributed by atoms with Crippen LogP contribution >= 0.6 is 0 Å². The van der Waals surface area contributed by atoms with Crippen molar-refractivity contribution in [2.45, 2.75) is 38.4 Å². The molecule has 1 aromatic heterocycles. The third kappa shape index (κ3) is 2.74. The number of halogens is 3. The first-order valence-corrected chi connectivity index (χ1v) is 7.78. The summed E-state index contributed by atoms with van der Waals surface area (Å²) in [5.41, 5.74) is -1.09. The molecule has 2 aliphatic rings. The van der Waals surface area contributed by atoms with Gasteiger partial charge in [-0.2, -0.15) is 13.2 Å². The van der Waals surface area contributed by atoms with Crippen molar-refractivity contribution in [1.82, 2.24) is 9.88 Å². The molecule has 5 nitrogen and oxygen atoms in total. The first kappa shape index (κ1) is 16.7. The summed E-state index contributed by atoms with van der Waals surface area (Å²) in [6.07, 6.45) is -2.00. The van der Waals surface area contributed by atoms with Gasteiger partial charge in [-0.3, -0.25) is 4.79 Å². The zero-order valence-electron chi connectivity index (χ0n) is 13.0. The highest BCUT2D eigenvalue weighted by molar-refractivity contribution is 5.98. The van der Waals surface area contributed by atoms with E-state index in [4.69, 9.17) is 0 Å². The van der Waals surface area contributed by atoms with Gasteiger partial charge in [0.05, 0.1) is 11.3 Å². The summed E-state index contributed by atoms with van der Waals surface area (Å²) in [6, 6.07) is 0.930. The maximum Gasteiger partial charge on any atom is 0.433 e. The molecule has 1 amide bonds. The average Bonchev–Trinajstić information content (AvgIpc) is 3.05. The number of pyridine rings is 1. The fourth-order valence-corrected chi connectivity index (χ4v) is 3.93. The van der Waals surface area contributed by atoms with Crippen LogP contribution in [0.3, 0.4) is 0 Å². The minimum atomic E-state index is -4.58. The third-order valence-corrected chi connectivity index (χ3v) is 5.01. The molecule has 130 valence electrons. The van der Waals surface area contributed by atoms with Gasteiger partial charge in [0.25, 0.3) is 5.91 Å². The van der Waals surface area contributed by atoms with Crippen LogP contribution in [0.4, 0.5) is 13.2 Å². The van der Waals surface area contributed by atoms with Crippen molar-refractivity contribution in [3.05, 3.63) is 29.1 Å². The van der Waals surface area contributed by atoms with E-state index in [1.165, 1.54) is 11.8 Å². The van der Waals surface area contributed by atoms with Gasteiger partial charge in [-0.05, 0) is 43.7 Å². The number of carboxylic acids is 1. The highest BCUT2D eigenvalue weighted by Crippen LogP contribution is 2.43. The standard InChI is InChI=1S/C16H17F3N2O3/c1-8-10(5-6-12(20-8)16(17,18)19)14(22)21-7-9-3-2-4-11(9)13(21)15(23)24/h5-6,9,11,13H,2-4,7H2,1H3,(H,23,24). The fourth-order valence-electron chi connectivity index (χ4n) is 3.93. The van der Waals surface area contributed by atoms with E-state index in [0.717, 1.165) is 31.4 Å². The second kappa shape index (κ2) is 5.75. The van der Waals surface area contributed by atoms with Gasteiger partial charge >= 0.3 is 12.1 Å². The minimum absolute atomic E-state index is 0.0224. The molecule has 0 bridgehead atoms. The number of alkyl halides is 3. The zero-order chi connectivity index (χ0) is 17.6. The van der Waals surface area contributed by atoms with Gasteiger partial charge in [0.15, 0.2) is 0 Å². The smallest absolute Gasteiger partial charge is 0.433 e. The number of nitrogens with zero attached hydrogens (tertiary/aromatic N) is 2. The van der Waals surface area contributed by atoms with Gasteiger partial charge < -0.3 is 10.0 Å². The lowest BCUT2D eigenvalue weighted by atomic mass is 9.94. The molecule has 2 heterocycles. The number of carbonyl (C=O) groups excluding carboxylic acids is 1. The van der Waals surface area contributed by atoms with Crippen LogP contribution in [0.1, 0.15) is 41.0 Å². The summed E-state index contributed by atoms with van der Waals surface area (Å²) < 4.78 is 38.1. The Hall–Kier alpha value is -2.12. The molecule has 3 atom stereocenters. The van der Waals surface area contributed by atoms with Gasteiger partial charge in [0, 0.05) is 6.54 Å². The number of amides is 1. The van der Waals surface area contributed by atoms with E-state index >= 15 is 0 Å². The minimum Gasteiger partial charge on any atom is -0.480 e. The van der Waals surface area contributed by atoms with Gasteiger partial charge in [-0.25, -0.2) is 9.78 Å². The predicted octanol–water partition coefficient (Wildman–Crippen LogP) is 2.73. The summed E-state index contributed by atoms with van der Waals surface area (Å²) >= 11 is 0. The van der Waals surface area contributed by atoms with Crippen LogP contribution in [0, 0.1) is 18.8 Å². The lowest BCUT2D eigenvalue weighted by Crippen LogP contribution is -2.43. The molecule has 1 aliphatic heterocycles. The molecule has 0 aromatic carbocycles. The van der Waals surface area contributed by atoms with E-state index in [0.29, 0.717) is 6.54 Å². The normalized spacial score (nSPS) is 26.5. The van der Waals surface area contributed by atoms with E-state index in [1.807, 2.05) is 0 Å². The molecular weight excluding hydrogens is 325 g/mol. The highest BCUT2D eigenvalue weighted by atomic mass is 19.4. The van der Waals surface area contributed by atoms with E-state index in [-0.39, 0.29) is 23.1 Å². The molecule has 1 N–H and O–H groups in total. The quantitative estimate of drug-likeness (QED) is 0.897. The number of hydrogen-bond donors (Lipinski definition) is 1. The molecule has 1 saturated heterocycles. The van der Waals surface area contributed by atoms with Crippen LogP contribution in [0.2, 0.25) is 0 Å². The maximum atomic E-state index is 12.7. The van der Waals surface area contributed by atoms with Gasteiger partial charge in [-0.1, -0.05) is 6.42 Å². The molecule has 1 aromatic rings. The molecule has 3 rings (SSSR count). The van der Waals surface area contributed by atoms with E-state index in [9.17, 15) is 27.9 Å². The highest BCUT2D eigenvalue weighted by Gasteiger charge is 2.49. The van der Waals surface area contributed by atoms with E-state index in [1.54, 1.807) is 0 Å². The zero-order valence-corrected chi connectivity index (χ0v) is 13.0. The summed E-state index contributed by atoms with van der Waals surface area (Å²) in [4.78, 5) is 29.1. The maximum absolute atomic E-state index is 12.7. The summed E-state index contributed by atoms with van der Waals surface area (Å²) in [7, 11) is 0. The second-order valence-corrected chi connectivity index (χ2v) is 6.42. The van der Waals surface area contributed by atoms with E-state index in [2.05, 4.69) is 4.98 Å². The Bertz CT molecular complexity index is 690. The number of aryl methyl sites for hydroxylation is 1. The van der Waals surface area contributed by atoms with Crippen LogP contribution < -0.4 is 0 Å². The number of aliphatic carboxylic acids is 1. The number of likely N-dealkylation sites (tertiary alicyclic amines) is 1. The van der Waals surface area contributed by atoms with Crippen molar-refractivity contribution in [3.8, 4) is 0 Å². The monoisotopic (exact) mass is 342 g/mol. The molecular formula is C16H17F3N2O3. The van der Waals surface area contributed by atoms with Gasteiger partial charge in [-0.15, -0.1) is 0 Å². The first-order valence-electron chi connectivity index (χ1n) is 7.78. The number of fused-ring (bicyclic) bond motifs is 1. The molecule has 0 spiro atoms. The summed E-state index contributed by atoms with van der Waals surface area (Å²) in [5.74, 6) is -1.54. The van der Waals surface area contributed by atoms with Crippen LogP contribution in [0.15, 0.2) is 12.1 Å². The van der Waals surface area contributed by atoms with Crippen molar-refractivity contribution in [2.75, 3.05) is 6.54 Å². The van der Waals surface area contributed by atoms with Crippen molar-refractivity contribution < 1.29 is 27.9 Å². The molecule has 3 unspecified atom stereocenters. The second-order valence-electron chi connectivity index (χ2n) is 6.42. The Balaban J connectivity index is 1.90. The molecule has 0 radical (unpaired) electrons. The van der Waals surface area contributed by atoms with Crippen molar-refractivity contribution in [2.24, 2.45) is 11.8 Å². The van der Waals surface area contributed by atoms with Gasteiger partial charge in [0.1, 0.15) is 11.7 Å². The average molecular weight is 342 g/mol. The number of rotatable bonds is 2. The fraction of sp³-hybridized carbons (Fsp3) is 0.562. The number of carbonyl (C=O) groups is 2. The molecule has 24 heavy (non-hydrogen) atoms. The molecule has 1 saturated carbocycles. The lowest BCUT2D eigenvalue weighted by molar-refractivity contribution is -0.143. The third-order valence-electron chi connectivity index (χ3n) is 5.01. The summed E-state index contributed by atoms with van der Waals surface area (Å²) in [6.45, 7) is 1.66. The summed E-state index contributed by atoms with van der Waals surface area (Å²) in [5, 5.41) is 9.49. The number of carboxylic acid groups (broad SMARTS) is 1. The van der Waals surface area contributed by atoms with Crippen LogP contribution in [0.25, 0.3) is 0 Å². The number of aromatic nitrogens is 1. The molecule has 1 aliphatic carbocycles.